The summed E-state index contributed by atoms with van der Waals surface area (Å²) in [6, 6.07) is 1.32. The molecule has 3 rings (SSSR count). The van der Waals surface area contributed by atoms with Gasteiger partial charge in [-0.25, -0.2) is 19.6 Å². The van der Waals surface area contributed by atoms with E-state index in [1.807, 2.05) is 14.1 Å². The Bertz CT molecular complexity index is 971. The predicted octanol–water partition coefficient (Wildman–Crippen LogP) is 1.49. The molecule has 1 fully saturated rings. The van der Waals surface area contributed by atoms with Crippen LogP contribution < -0.4 is 5.69 Å². The highest BCUT2D eigenvalue weighted by Gasteiger charge is 2.34. The largest absolute Gasteiger partial charge is 0.444 e. The highest BCUT2D eigenvalue weighted by Crippen LogP contribution is 2.28. The Hall–Kier alpha value is -2.88. The number of carbonyl (C=O) groups is 1. The third kappa shape index (κ3) is 4.76. The number of rotatable bonds is 3. The minimum absolute atomic E-state index is 0.169. The third-order valence-corrected chi connectivity index (χ3v) is 4.45. The Morgan fingerprint density at radius 2 is 2.14 bits per heavy atom. The first-order chi connectivity index (χ1) is 13.5. The Morgan fingerprint density at radius 3 is 2.79 bits per heavy atom. The first kappa shape index (κ1) is 20.8. The number of amides is 1. The second kappa shape index (κ2) is 7.86. The molecule has 1 aliphatic rings. The molecule has 29 heavy (non-hydrogen) atoms. The first-order valence-electron chi connectivity index (χ1n) is 9.51. The number of carbonyl (C=O) groups excluding carboxylic acids is 1. The molecule has 0 spiro atoms. The fourth-order valence-corrected chi connectivity index (χ4v) is 3.38. The van der Waals surface area contributed by atoms with Crippen molar-refractivity contribution >= 4 is 29.3 Å². The van der Waals surface area contributed by atoms with Crippen LogP contribution in [0.5, 0.6) is 0 Å². The molecule has 0 unspecified atom stereocenters. The standard InChI is InChI=1S/C19H28N6O4/c1-19(2,3)29-18(28)24-9-12(8-13(26)10-24)25-14-6-7-20-16(21-11-23(4)5)15(14)22-17(25)27/h6-7,11-13,26H,8-10H2,1-5H3,(H,22,27)/b21-11-/t12-,13+/m1/s1. The number of aromatic amines is 1. The average Bonchev–Trinajstić information content (AvgIpc) is 2.94. The molecule has 1 aliphatic heterocycles. The SMILES string of the molecule is CN(C)/C=N\c1nccc2c1[nH]c(=O)n2[C@@H]1C[C@H](O)CN(C(=O)OC(C)(C)C)C1. The van der Waals surface area contributed by atoms with Crippen molar-refractivity contribution in [2.45, 2.75) is 44.9 Å². The van der Waals surface area contributed by atoms with Gasteiger partial charge < -0.3 is 24.6 Å². The Kier molecular flexibility index (Phi) is 5.65. The maximum Gasteiger partial charge on any atom is 0.410 e. The summed E-state index contributed by atoms with van der Waals surface area (Å²) in [5.74, 6) is 0.396. The van der Waals surface area contributed by atoms with Crippen LogP contribution in [0.4, 0.5) is 10.6 Å². The highest BCUT2D eigenvalue weighted by molar-refractivity contribution is 5.86. The number of aromatic nitrogens is 3. The van der Waals surface area contributed by atoms with E-state index in [2.05, 4.69) is 15.0 Å². The summed E-state index contributed by atoms with van der Waals surface area (Å²) in [4.78, 5) is 39.8. The van der Waals surface area contributed by atoms with Gasteiger partial charge in [-0.2, -0.15) is 0 Å². The number of β-amino-alcohol motifs (C(OH)–C–C–N with tert-alkyl or cyclic N) is 1. The van der Waals surface area contributed by atoms with Crippen LogP contribution in [0.1, 0.15) is 33.2 Å². The number of likely N-dealkylation sites (tertiary alicyclic amines) is 1. The highest BCUT2D eigenvalue weighted by atomic mass is 16.6. The summed E-state index contributed by atoms with van der Waals surface area (Å²) in [5.41, 5.74) is 0.161. The van der Waals surface area contributed by atoms with Gasteiger partial charge in [-0.3, -0.25) is 4.57 Å². The van der Waals surface area contributed by atoms with E-state index < -0.39 is 23.8 Å². The molecular weight excluding hydrogens is 376 g/mol. The van der Waals surface area contributed by atoms with Crippen molar-refractivity contribution in [3.05, 3.63) is 22.7 Å². The topological polar surface area (TPSA) is 116 Å². The van der Waals surface area contributed by atoms with E-state index in [9.17, 15) is 14.7 Å². The van der Waals surface area contributed by atoms with Crippen molar-refractivity contribution < 1.29 is 14.6 Å². The van der Waals surface area contributed by atoms with Gasteiger partial charge in [0.25, 0.3) is 0 Å². The number of piperidine rings is 1. The zero-order chi connectivity index (χ0) is 21.3. The molecule has 158 valence electrons. The number of hydrogen-bond acceptors (Lipinski definition) is 6. The monoisotopic (exact) mass is 404 g/mol. The quantitative estimate of drug-likeness (QED) is 0.591. The lowest BCUT2D eigenvalue weighted by atomic mass is 10.0. The van der Waals surface area contributed by atoms with Crippen LogP contribution in [0.2, 0.25) is 0 Å². The number of hydrogen-bond donors (Lipinski definition) is 2. The van der Waals surface area contributed by atoms with E-state index in [0.717, 1.165) is 0 Å². The van der Waals surface area contributed by atoms with Gasteiger partial charge in [-0.1, -0.05) is 0 Å². The number of H-pyrrole nitrogens is 1. The molecule has 0 aromatic carbocycles. The number of nitrogens with one attached hydrogen (secondary N) is 1. The third-order valence-electron chi connectivity index (χ3n) is 4.45. The van der Waals surface area contributed by atoms with Crippen molar-refractivity contribution in [2.75, 3.05) is 27.2 Å². The molecule has 2 aromatic heterocycles. The zero-order valence-electron chi connectivity index (χ0n) is 17.4. The van der Waals surface area contributed by atoms with Crippen LogP contribution in [0, 0.1) is 0 Å². The number of pyridine rings is 1. The van der Waals surface area contributed by atoms with Crippen molar-refractivity contribution in [1.29, 1.82) is 0 Å². The van der Waals surface area contributed by atoms with Crippen molar-refractivity contribution in [1.82, 2.24) is 24.3 Å². The molecule has 0 aliphatic carbocycles. The summed E-state index contributed by atoms with van der Waals surface area (Å²) in [7, 11) is 3.68. The molecule has 2 N–H and O–H groups in total. The average molecular weight is 404 g/mol. The van der Waals surface area contributed by atoms with Crippen LogP contribution in [-0.4, -0.2) is 80.8 Å². The molecule has 3 heterocycles. The molecule has 0 bridgehead atoms. The summed E-state index contributed by atoms with van der Waals surface area (Å²) in [5, 5.41) is 10.3. The minimum atomic E-state index is -0.758. The smallest absolute Gasteiger partial charge is 0.410 e. The number of ether oxygens (including phenoxy) is 1. The van der Waals surface area contributed by atoms with E-state index in [1.165, 1.54) is 4.90 Å². The van der Waals surface area contributed by atoms with Crippen LogP contribution in [-0.2, 0) is 4.74 Å². The first-order valence-corrected chi connectivity index (χ1v) is 9.51. The molecule has 0 radical (unpaired) electrons. The molecule has 1 amide bonds. The fraction of sp³-hybridized carbons (Fsp3) is 0.579. The lowest BCUT2D eigenvalue weighted by molar-refractivity contribution is -0.00564. The second-order valence-electron chi connectivity index (χ2n) is 8.47. The van der Waals surface area contributed by atoms with Gasteiger partial charge in [0.2, 0.25) is 0 Å². The van der Waals surface area contributed by atoms with E-state index in [1.54, 1.807) is 48.8 Å². The number of aliphatic imine (C=N–C) groups is 1. The van der Waals surface area contributed by atoms with Crippen LogP contribution in [0.3, 0.4) is 0 Å². The maximum absolute atomic E-state index is 12.7. The van der Waals surface area contributed by atoms with Crippen molar-refractivity contribution in [3.8, 4) is 0 Å². The number of aliphatic hydroxyl groups excluding tert-OH is 1. The second-order valence-corrected chi connectivity index (χ2v) is 8.47. The number of nitrogens with zero attached hydrogens (tertiary/aromatic N) is 5. The summed E-state index contributed by atoms with van der Waals surface area (Å²) in [6.07, 6.45) is 2.27. The normalized spacial score (nSPS) is 20.4. The molecule has 1 saturated heterocycles. The van der Waals surface area contributed by atoms with Gasteiger partial charge in [0, 0.05) is 26.8 Å². The summed E-state index contributed by atoms with van der Waals surface area (Å²) < 4.78 is 6.99. The van der Waals surface area contributed by atoms with E-state index >= 15 is 0 Å². The predicted molar refractivity (Wildman–Crippen MR) is 110 cm³/mol. The molecule has 2 atom stereocenters. The number of aliphatic hydroxyl groups is 1. The maximum atomic E-state index is 12.7. The molecule has 10 nitrogen and oxygen atoms in total. The zero-order valence-corrected chi connectivity index (χ0v) is 17.4. The van der Waals surface area contributed by atoms with Crippen LogP contribution in [0.15, 0.2) is 22.1 Å². The molecule has 10 heteroatoms. The van der Waals surface area contributed by atoms with Crippen LogP contribution in [0.25, 0.3) is 11.0 Å². The lowest BCUT2D eigenvalue weighted by Crippen LogP contribution is -2.49. The van der Waals surface area contributed by atoms with E-state index in [4.69, 9.17) is 4.74 Å². The Labute approximate surface area is 168 Å². The number of imidazole rings is 1. The Morgan fingerprint density at radius 1 is 1.41 bits per heavy atom. The van der Waals surface area contributed by atoms with E-state index in [-0.39, 0.29) is 18.8 Å². The summed E-state index contributed by atoms with van der Waals surface area (Å²) in [6.45, 7) is 5.79. The van der Waals surface area contributed by atoms with Crippen molar-refractivity contribution in [3.63, 3.8) is 0 Å². The van der Waals surface area contributed by atoms with Crippen LogP contribution >= 0.6 is 0 Å². The molecule has 2 aromatic rings. The van der Waals surface area contributed by atoms with Gasteiger partial charge in [-0.15, -0.1) is 0 Å². The van der Waals surface area contributed by atoms with Gasteiger partial charge in [0.15, 0.2) is 5.82 Å². The fourth-order valence-electron chi connectivity index (χ4n) is 3.38. The lowest BCUT2D eigenvalue weighted by Gasteiger charge is -2.36. The summed E-state index contributed by atoms with van der Waals surface area (Å²) >= 11 is 0. The minimum Gasteiger partial charge on any atom is -0.444 e. The number of fused-ring (bicyclic) bond motifs is 1. The van der Waals surface area contributed by atoms with Gasteiger partial charge in [0.05, 0.1) is 30.5 Å². The molecular formula is C19H28N6O4. The van der Waals surface area contributed by atoms with E-state index in [0.29, 0.717) is 23.3 Å². The van der Waals surface area contributed by atoms with Gasteiger partial charge >= 0.3 is 11.8 Å². The van der Waals surface area contributed by atoms with Gasteiger partial charge in [0.1, 0.15) is 11.1 Å². The Balaban J connectivity index is 1.95. The van der Waals surface area contributed by atoms with Gasteiger partial charge in [-0.05, 0) is 33.3 Å². The molecule has 0 saturated carbocycles. The van der Waals surface area contributed by atoms with Crippen molar-refractivity contribution in [2.24, 2.45) is 4.99 Å².